The normalized spacial score (nSPS) is 12.4. The molecule has 28 heavy (non-hydrogen) atoms. The smallest absolute Gasteiger partial charge is 0.237 e. The maximum absolute atomic E-state index is 13.0. The summed E-state index contributed by atoms with van der Waals surface area (Å²) in [4.78, 5) is 21.9. The number of carbonyl (C=O) groups is 1. The molecule has 2 aromatic carbocycles. The lowest BCUT2D eigenvalue weighted by atomic mass is 10.1. The third kappa shape index (κ3) is 3.62. The molecule has 1 amide bonds. The van der Waals surface area contributed by atoms with Gasteiger partial charge in [0.1, 0.15) is 11.4 Å². The first-order chi connectivity index (χ1) is 13.7. The molecule has 0 radical (unpaired) electrons. The average molecular weight is 408 g/mol. The highest BCUT2D eigenvalue weighted by atomic mass is 32.2. The standard InChI is InChI=1S/C22H21N3OS2/c1-3-14-9-5-7-11-16(14)25-21(26)17(4-2)28-22-20-19(23-13-24-22)15-10-6-8-12-18(15)27-20/h5-13,17H,3-4H2,1-2H3,(H,25,26)/t17-/m0/s1. The summed E-state index contributed by atoms with van der Waals surface area (Å²) < 4.78 is 2.24. The minimum absolute atomic E-state index is 0.0151. The van der Waals surface area contributed by atoms with Crippen LogP contribution in [-0.4, -0.2) is 21.1 Å². The number of thiophene rings is 1. The highest BCUT2D eigenvalue weighted by Gasteiger charge is 2.22. The van der Waals surface area contributed by atoms with E-state index in [4.69, 9.17) is 0 Å². The number of thioether (sulfide) groups is 1. The number of nitrogens with one attached hydrogen (secondary N) is 1. The molecule has 2 aromatic heterocycles. The van der Waals surface area contributed by atoms with Crippen molar-refractivity contribution in [1.29, 1.82) is 0 Å². The summed E-state index contributed by atoms with van der Waals surface area (Å²) in [5.41, 5.74) is 3.00. The van der Waals surface area contributed by atoms with E-state index in [1.54, 1.807) is 17.7 Å². The van der Waals surface area contributed by atoms with Crippen LogP contribution in [0.1, 0.15) is 25.8 Å². The Labute approximate surface area is 172 Å². The Morgan fingerprint density at radius 2 is 1.89 bits per heavy atom. The number of amides is 1. The zero-order valence-corrected chi connectivity index (χ0v) is 17.4. The number of carbonyl (C=O) groups excluding carboxylic acids is 1. The van der Waals surface area contributed by atoms with Crippen molar-refractivity contribution in [3.63, 3.8) is 0 Å². The van der Waals surface area contributed by atoms with Crippen LogP contribution < -0.4 is 5.32 Å². The van der Waals surface area contributed by atoms with Gasteiger partial charge in [-0.05, 0) is 30.5 Å². The fourth-order valence-electron chi connectivity index (χ4n) is 3.21. The molecule has 0 unspecified atom stereocenters. The number of fused-ring (bicyclic) bond motifs is 3. The number of hydrogen-bond donors (Lipinski definition) is 1. The molecular weight excluding hydrogens is 386 g/mol. The summed E-state index contributed by atoms with van der Waals surface area (Å²) in [7, 11) is 0. The van der Waals surface area contributed by atoms with Crippen LogP contribution >= 0.6 is 23.1 Å². The van der Waals surface area contributed by atoms with Crippen molar-refractivity contribution in [2.24, 2.45) is 0 Å². The Bertz CT molecular complexity index is 1140. The molecule has 1 N–H and O–H groups in total. The molecular formula is C22H21N3OS2. The first kappa shape index (κ1) is 18.9. The van der Waals surface area contributed by atoms with Gasteiger partial charge in [-0.3, -0.25) is 4.79 Å². The largest absolute Gasteiger partial charge is 0.325 e. The van der Waals surface area contributed by atoms with Crippen molar-refractivity contribution in [3.8, 4) is 0 Å². The van der Waals surface area contributed by atoms with E-state index in [9.17, 15) is 4.79 Å². The minimum atomic E-state index is -0.215. The molecule has 4 aromatic rings. The van der Waals surface area contributed by atoms with Crippen LogP contribution in [0.3, 0.4) is 0 Å². The summed E-state index contributed by atoms with van der Waals surface area (Å²) in [6.07, 6.45) is 3.21. The molecule has 0 aliphatic carbocycles. The first-order valence-electron chi connectivity index (χ1n) is 9.39. The second-order valence-corrected chi connectivity index (χ2v) is 8.71. The summed E-state index contributed by atoms with van der Waals surface area (Å²) in [5.74, 6) is 0.0151. The predicted molar refractivity (Wildman–Crippen MR) is 119 cm³/mol. The topological polar surface area (TPSA) is 54.9 Å². The van der Waals surface area contributed by atoms with Gasteiger partial charge >= 0.3 is 0 Å². The molecule has 0 saturated heterocycles. The monoisotopic (exact) mass is 407 g/mol. The molecule has 142 valence electrons. The summed E-state index contributed by atoms with van der Waals surface area (Å²) in [6, 6.07) is 16.2. The third-order valence-electron chi connectivity index (χ3n) is 4.70. The molecule has 1 atom stereocenters. The van der Waals surface area contributed by atoms with Crippen molar-refractivity contribution in [2.75, 3.05) is 5.32 Å². The van der Waals surface area contributed by atoms with Gasteiger partial charge in [0.15, 0.2) is 0 Å². The Morgan fingerprint density at radius 3 is 2.71 bits per heavy atom. The van der Waals surface area contributed by atoms with Crippen LogP contribution in [0, 0.1) is 0 Å². The molecule has 0 saturated carbocycles. The predicted octanol–water partition coefficient (Wildman–Crippen LogP) is 5.92. The molecule has 4 nitrogen and oxygen atoms in total. The van der Waals surface area contributed by atoms with Gasteiger partial charge in [-0.1, -0.05) is 62.0 Å². The van der Waals surface area contributed by atoms with Crippen LogP contribution in [0.25, 0.3) is 20.3 Å². The highest BCUT2D eigenvalue weighted by Crippen LogP contribution is 2.38. The number of para-hydroxylation sites is 1. The van der Waals surface area contributed by atoms with Crippen LogP contribution in [0.2, 0.25) is 0 Å². The lowest BCUT2D eigenvalue weighted by Crippen LogP contribution is -2.25. The van der Waals surface area contributed by atoms with Crippen LogP contribution in [-0.2, 0) is 11.2 Å². The zero-order valence-electron chi connectivity index (χ0n) is 15.8. The van der Waals surface area contributed by atoms with Crippen molar-refractivity contribution < 1.29 is 4.79 Å². The SMILES string of the molecule is CCc1ccccc1NC(=O)[C@H](CC)Sc1ncnc2c1sc1ccccc12. The molecule has 0 spiro atoms. The number of anilines is 1. The second kappa shape index (κ2) is 8.29. The quantitative estimate of drug-likeness (QED) is 0.318. The Balaban J connectivity index is 1.62. The zero-order chi connectivity index (χ0) is 19.5. The molecule has 6 heteroatoms. The lowest BCUT2D eigenvalue weighted by Gasteiger charge is -2.16. The van der Waals surface area contributed by atoms with E-state index in [1.165, 1.54) is 16.5 Å². The third-order valence-corrected chi connectivity index (χ3v) is 7.36. The van der Waals surface area contributed by atoms with Crippen LogP contribution in [0.5, 0.6) is 0 Å². The number of benzene rings is 2. The number of aromatic nitrogens is 2. The van der Waals surface area contributed by atoms with Crippen LogP contribution in [0.15, 0.2) is 59.9 Å². The maximum atomic E-state index is 13.0. The van der Waals surface area contributed by atoms with Gasteiger partial charge in [0.05, 0.1) is 15.5 Å². The van der Waals surface area contributed by atoms with Crippen molar-refractivity contribution >= 4 is 55.0 Å². The lowest BCUT2D eigenvalue weighted by molar-refractivity contribution is -0.115. The maximum Gasteiger partial charge on any atom is 0.237 e. The van der Waals surface area contributed by atoms with E-state index in [1.807, 2.05) is 37.3 Å². The van der Waals surface area contributed by atoms with E-state index < -0.39 is 0 Å². The molecule has 0 aliphatic heterocycles. The molecule has 2 heterocycles. The number of hydrogen-bond acceptors (Lipinski definition) is 5. The molecule has 0 fully saturated rings. The second-order valence-electron chi connectivity index (χ2n) is 6.47. The Morgan fingerprint density at radius 1 is 1.11 bits per heavy atom. The fourth-order valence-corrected chi connectivity index (χ4v) is 5.43. The number of nitrogens with zero attached hydrogens (tertiary/aromatic N) is 2. The Hall–Kier alpha value is -2.44. The van der Waals surface area contributed by atoms with E-state index in [0.717, 1.165) is 44.7 Å². The summed E-state index contributed by atoms with van der Waals surface area (Å²) in [6.45, 7) is 4.13. The number of rotatable bonds is 6. The van der Waals surface area contributed by atoms with Gasteiger partial charge in [0, 0.05) is 15.8 Å². The summed E-state index contributed by atoms with van der Waals surface area (Å²) in [5, 5.41) is 4.91. The van der Waals surface area contributed by atoms with E-state index in [0.29, 0.717) is 0 Å². The molecule has 0 aliphatic rings. The van der Waals surface area contributed by atoms with E-state index in [-0.39, 0.29) is 11.2 Å². The summed E-state index contributed by atoms with van der Waals surface area (Å²) >= 11 is 3.21. The van der Waals surface area contributed by atoms with E-state index in [2.05, 4.69) is 40.4 Å². The Kier molecular flexibility index (Phi) is 5.59. The van der Waals surface area contributed by atoms with Gasteiger partial charge in [-0.25, -0.2) is 9.97 Å². The van der Waals surface area contributed by atoms with Crippen molar-refractivity contribution in [2.45, 2.75) is 37.0 Å². The highest BCUT2D eigenvalue weighted by molar-refractivity contribution is 8.00. The van der Waals surface area contributed by atoms with Gasteiger partial charge < -0.3 is 5.32 Å². The fraction of sp³-hybridized carbons (Fsp3) is 0.227. The minimum Gasteiger partial charge on any atom is -0.325 e. The van der Waals surface area contributed by atoms with Crippen LogP contribution in [0.4, 0.5) is 5.69 Å². The van der Waals surface area contributed by atoms with Gasteiger partial charge in [-0.15, -0.1) is 11.3 Å². The van der Waals surface area contributed by atoms with E-state index >= 15 is 0 Å². The molecule has 4 rings (SSSR count). The number of aryl methyl sites for hydroxylation is 1. The first-order valence-corrected chi connectivity index (χ1v) is 11.1. The van der Waals surface area contributed by atoms with Crippen molar-refractivity contribution in [3.05, 3.63) is 60.4 Å². The average Bonchev–Trinajstić information content (AvgIpc) is 3.12. The van der Waals surface area contributed by atoms with Gasteiger partial charge in [-0.2, -0.15) is 0 Å². The van der Waals surface area contributed by atoms with Crippen molar-refractivity contribution in [1.82, 2.24) is 9.97 Å². The van der Waals surface area contributed by atoms with Gasteiger partial charge in [0.2, 0.25) is 5.91 Å². The van der Waals surface area contributed by atoms with Gasteiger partial charge in [0.25, 0.3) is 0 Å². The molecule has 0 bridgehead atoms.